The summed E-state index contributed by atoms with van der Waals surface area (Å²) >= 11 is 0. The van der Waals surface area contributed by atoms with Gasteiger partial charge in [0, 0.05) is 11.1 Å². The summed E-state index contributed by atoms with van der Waals surface area (Å²) in [6, 6.07) is 72.6. The van der Waals surface area contributed by atoms with Gasteiger partial charge in [0.25, 0.3) is 0 Å². The van der Waals surface area contributed by atoms with Gasteiger partial charge < -0.3 is 43.4 Å². The van der Waals surface area contributed by atoms with Gasteiger partial charge in [-0.3, -0.25) is 0 Å². The minimum atomic E-state index is -2.30. The van der Waals surface area contributed by atoms with Crippen LogP contribution in [0.3, 0.4) is 0 Å². The van der Waals surface area contributed by atoms with E-state index in [4.69, 9.17) is 9.47 Å². The van der Waals surface area contributed by atoms with Crippen LogP contribution < -0.4 is 75.3 Å². The molecular weight excluding hydrogens is 974 g/mol. The SMILES string of the molecule is CCCCCCCCOc1cc(C[P+](c2ccccc2)(c2ccccc2)c2ccccc2)c(OCCCCCCCC)c(C[P+](c2ccccc2)(c2ccccc2)c2ccccc2)c1.[Br-].[Br-]. The third-order valence-electron chi connectivity index (χ3n) is 12.7. The second-order valence-corrected chi connectivity index (χ2v) is 24.2. The summed E-state index contributed by atoms with van der Waals surface area (Å²) < 4.78 is 14.4. The Hall–Kier alpha value is -4.04. The molecule has 0 bridgehead atoms. The lowest BCUT2D eigenvalue weighted by Crippen LogP contribution is -3.00. The number of benzene rings is 7. The maximum atomic E-state index is 7.40. The predicted octanol–water partition coefficient (Wildman–Crippen LogP) is 8.16. The quantitative estimate of drug-likeness (QED) is 0.0403. The molecule has 0 aliphatic heterocycles. The standard InChI is InChI=1S/C60H70O2P2.2BrH/c1-3-5-7-9-11-31-45-61-53-47-51(49-63(54-33-19-13-20-34-54,55-35-21-14-22-36-55)56-37-23-15-24-38-56)60(62-46-32-12-10-8-6-4-2)52(48-53)50-64(57-39-25-16-26-40-57,58-41-27-17-28-42-58)59-43-29-18-30-44-59;;/h13-30,33-44,47-48H,3-12,31-32,45-46,49-50H2,1-2H3;2*1H/q+2;;/p-2. The van der Waals surface area contributed by atoms with E-state index in [2.05, 4.69) is 208 Å². The van der Waals surface area contributed by atoms with Crippen LogP contribution in [-0.2, 0) is 12.3 Å². The molecule has 0 aromatic heterocycles. The van der Waals surface area contributed by atoms with Crippen molar-refractivity contribution in [1.82, 2.24) is 0 Å². The fourth-order valence-electron chi connectivity index (χ4n) is 9.40. The molecule has 0 aliphatic carbocycles. The molecule has 0 heterocycles. The van der Waals surface area contributed by atoms with Crippen molar-refractivity contribution >= 4 is 46.4 Å². The van der Waals surface area contributed by atoms with E-state index in [1.54, 1.807) is 0 Å². The van der Waals surface area contributed by atoms with E-state index in [9.17, 15) is 0 Å². The molecule has 0 saturated heterocycles. The summed E-state index contributed by atoms with van der Waals surface area (Å²) in [5, 5.41) is 8.22. The zero-order valence-corrected chi connectivity index (χ0v) is 44.2. The van der Waals surface area contributed by atoms with Crippen molar-refractivity contribution in [2.24, 2.45) is 0 Å². The maximum Gasteiger partial charge on any atom is 0.133 e. The minimum absolute atomic E-state index is 0. The Balaban J connectivity index is 0.00000408. The highest BCUT2D eigenvalue weighted by Crippen LogP contribution is 2.62. The van der Waals surface area contributed by atoms with E-state index >= 15 is 0 Å². The van der Waals surface area contributed by atoms with Crippen LogP contribution in [0, 0.1) is 0 Å². The monoisotopic (exact) mass is 1040 g/mol. The molecular formula is C60H70Br2O2P2. The Morgan fingerprint density at radius 2 is 0.576 bits per heavy atom. The van der Waals surface area contributed by atoms with Gasteiger partial charge in [-0.2, -0.15) is 0 Å². The second-order valence-electron chi connectivity index (χ2n) is 17.3. The van der Waals surface area contributed by atoms with Crippen LogP contribution in [0.4, 0.5) is 0 Å². The first-order valence-corrected chi connectivity index (χ1v) is 28.1. The highest BCUT2D eigenvalue weighted by atomic mass is 79.9. The van der Waals surface area contributed by atoms with Crippen LogP contribution in [0.25, 0.3) is 0 Å². The molecule has 0 radical (unpaired) electrons. The normalized spacial score (nSPS) is 11.3. The van der Waals surface area contributed by atoms with Crippen LogP contribution in [-0.4, -0.2) is 13.2 Å². The third kappa shape index (κ3) is 13.6. The number of rotatable bonds is 26. The van der Waals surface area contributed by atoms with Crippen molar-refractivity contribution in [3.05, 3.63) is 205 Å². The second kappa shape index (κ2) is 28.3. The zero-order chi connectivity index (χ0) is 44.1. The summed E-state index contributed by atoms with van der Waals surface area (Å²) in [6.45, 7) is 5.97. The van der Waals surface area contributed by atoms with Gasteiger partial charge in [0.15, 0.2) is 0 Å². The Morgan fingerprint density at radius 1 is 0.318 bits per heavy atom. The van der Waals surface area contributed by atoms with Gasteiger partial charge in [-0.05, 0) is 97.8 Å². The van der Waals surface area contributed by atoms with Gasteiger partial charge >= 0.3 is 0 Å². The topological polar surface area (TPSA) is 18.5 Å². The molecule has 7 aromatic carbocycles. The summed E-state index contributed by atoms with van der Waals surface area (Å²) in [6.07, 6.45) is 16.3. The number of halogens is 2. The van der Waals surface area contributed by atoms with Crippen LogP contribution in [0.5, 0.6) is 11.5 Å². The van der Waals surface area contributed by atoms with Crippen LogP contribution in [0.2, 0.25) is 0 Å². The minimum Gasteiger partial charge on any atom is -1.00 e. The van der Waals surface area contributed by atoms with E-state index in [0.717, 1.165) is 36.7 Å². The molecule has 66 heavy (non-hydrogen) atoms. The Bertz CT molecular complexity index is 2020. The molecule has 2 nitrogen and oxygen atoms in total. The number of hydrogen-bond donors (Lipinski definition) is 0. The van der Waals surface area contributed by atoms with Crippen molar-refractivity contribution < 1.29 is 43.4 Å². The molecule has 0 saturated carbocycles. The lowest BCUT2D eigenvalue weighted by atomic mass is 10.1. The Labute approximate surface area is 420 Å². The van der Waals surface area contributed by atoms with E-state index in [-0.39, 0.29) is 34.0 Å². The van der Waals surface area contributed by atoms with Crippen molar-refractivity contribution in [2.75, 3.05) is 13.2 Å². The van der Waals surface area contributed by atoms with Crippen LogP contribution >= 0.6 is 14.5 Å². The van der Waals surface area contributed by atoms with Gasteiger partial charge in [-0.25, -0.2) is 0 Å². The Morgan fingerprint density at radius 3 is 0.864 bits per heavy atom. The fourth-order valence-corrected chi connectivity index (χ4v) is 17.9. The molecule has 0 atom stereocenters. The summed E-state index contributed by atoms with van der Waals surface area (Å²) in [7, 11) is -4.60. The van der Waals surface area contributed by atoms with Gasteiger partial charge in [0.1, 0.15) is 70.2 Å². The third-order valence-corrected chi connectivity index (χ3v) is 21.4. The van der Waals surface area contributed by atoms with Gasteiger partial charge in [-0.1, -0.05) is 187 Å². The zero-order valence-electron chi connectivity index (χ0n) is 39.3. The first kappa shape index (κ1) is 52.9. The average Bonchev–Trinajstić information content (AvgIpc) is 3.36. The van der Waals surface area contributed by atoms with Gasteiger partial charge in [0.2, 0.25) is 0 Å². The molecule has 0 unspecified atom stereocenters. The molecule has 7 rings (SSSR count). The molecule has 0 spiro atoms. The lowest BCUT2D eigenvalue weighted by molar-refractivity contribution is -0.00100. The fraction of sp³-hybridized carbons (Fsp3) is 0.300. The predicted molar refractivity (Wildman–Crippen MR) is 282 cm³/mol. The Kier molecular flexibility index (Phi) is 22.7. The first-order chi connectivity index (χ1) is 31.7. The molecule has 7 aromatic rings. The lowest BCUT2D eigenvalue weighted by Gasteiger charge is -2.31. The first-order valence-electron chi connectivity index (χ1n) is 24.2. The highest BCUT2D eigenvalue weighted by Gasteiger charge is 2.49. The van der Waals surface area contributed by atoms with E-state index in [1.165, 1.54) is 107 Å². The molecule has 346 valence electrons. The van der Waals surface area contributed by atoms with Crippen molar-refractivity contribution in [3.63, 3.8) is 0 Å². The van der Waals surface area contributed by atoms with Gasteiger partial charge in [-0.15, -0.1) is 0 Å². The summed E-state index contributed by atoms with van der Waals surface area (Å²) in [5.74, 6) is 1.99. The maximum absolute atomic E-state index is 7.40. The van der Waals surface area contributed by atoms with Crippen molar-refractivity contribution in [2.45, 2.75) is 103 Å². The summed E-state index contributed by atoms with van der Waals surface area (Å²) in [5.41, 5.74) is 2.47. The van der Waals surface area contributed by atoms with Crippen LogP contribution in [0.15, 0.2) is 194 Å². The number of unbranched alkanes of at least 4 members (excludes halogenated alkanes) is 10. The number of hydrogen-bond acceptors (Lipinski definition) is 2. The molecule has 0 N–H and O–H groups in total. The smallest absolute Gasteiger partial charge is 0.133 e. The van der Waals surface area contributed by atoms with E-state index in [0.29, 0.717) is 13.2 Å². The molecule has 0 amide bonds. The molecule has 0 fully saturated rings. The highest BCUT2D eigenvalue weighted by molar-refractivity contribution is 7.95. The van der Waals surface area contributed by atoms with E-state index in [1.807, 2.05) is 0 Å². The summed E-state index contributed by atoms with van der Waals surface area (Å²) in [4.78, 5) is 0. The largest absolute Gasteiger partial charge is 1.00 e. The molecule has 0 aliphatic rings. The average molecular weight is 1040 g/mol. The number of ether oxygens (including phenoxy) is 2. The van der Waals surface area contributed by atoms with Crippen LogP contribution in [0.1, 0.15) is 102 Å². The van der Waals surface area contributed by atoms with Crippen molar-refractivity contribution in [1.29, 1.82) is 0 Å². The van der Waals surface area contributed by atoms with Crippen molar-refractivity contribution in [3.8, 4) is 11.5 Å². The molecule has 6 heteroatoms. The van der Waals surface area contributed by atoms with E-state index < -0.39 is 14.5 Å². The van der Waals surface area contributed by atoms with Gasteiger partial charge in [0.05, 0.1) is 13.2 Å².